The summed E-state index contributed by atoms with van der Waals surface area (Å²) in [5, 5.41) is 2.99. The molecule has 0 aliphatic carbocycles. The van der Waals surface area contributed by atoms with E-state index < -0.39 is 28.5 Å². The fourth-order valence-corrected chi connectivity index (χ4v) is 5.59. The van der Waals surface area contributed by atoms with Gasteiger partial charge in [0.1, 0.15) is 25.8 Å². The summed E-state index contributed by atoms with van der Waals surface area (Å²) in [5.41, 5.74) is 2.99. The lowest BCUT2D eigenvalue weighted by Crippen LogP contribution is -2.53. The largest absolute Gasteiger partial charge is 0.486 e. The van der Waals surface area contributed by atoms with Gasteiger partial charge < -0.3 is 19.7 Å². The van der Waals surface area contributed by atoms with Crippen LogP contribution in [0, 0.1) is 12.8 Å². The summed E-state index contributed by atoms with van der Waals surface area (Å²) in [6.07, 6.45) is 1.32. The topological polar surface area (TPSA) is 105 Å². The molecule has 0 spiro atoms. The Bertz CT molecular complexity index is 1490. The first-order chi connectivity index (χ1) is 20.0. The summed E-state index contributed by atoms with van der Waals surface area (Å²) in [7, 11) is -3.89. The Morgan fingerprint density at radius 1 is 0.929 bits per heavy atom. The molecule has 1 atom stereocenters. The van der Waals surface area contributed by atoms with Gasteiger partial charge in [0.15, 0.2) is 11.5 Å². The molecular formula is C32H39N3O6S. The molecule has 9 nitrogen and oxygen atoms in total. The van der Waals surface area contributed by atoms with Crippen LogP contribution in [0.15, 0.2) is 72.8 Å². The fraction of sp³-hybridized carbons (Fsp3) is 0.375. The summed E-state index contributed by atoms with van der Waals surface area (Å²) >= 11 is 0. The number of amides is 2. The van der Waals surface area contributed by atoms with Crippen LogP contribution in [0.3, 0.4) is 0 Å². The van der Waals surface area contributed by atoms with Crippen molar-refractivity contribution in [1.29, 1.82) is 0 Å². The maximum atomic E-state index is 14.2. The lowest BCUT2D eigenvalue weighted by Gasteiger charge is -2.34. The second-order valence-electron chi connectivity index (χ2n) is 10.9. The third-order valence-electron chi connectivity index (χ3n) is 7.05. The molecule has 0 radical (unpaired) electrons. The third-order valence-corrected chi connectivity index (χ3v) is 8.19. The van der Waals surface area contributed by atoms with Gasteiger partial charge in [-0.3, -0.25) is 13.9 Å². The molecule has 10 heteroatoms. The molecule has 2 amide bonds. The van der Waals surface area contributed by atoms with Crippen molar-refractivity contribution in [1.82, 2.24) is 10.2 Å². The van der Waals surface area contributed by atoms with Gasteiger partial charge in [0.2, 0.25) is 21.8 Å². The summed E-state index contributed by atoms with van der Waals surface area (Å²) < 4.78 is 38.4. The fourth-order valence-electron chi connectivity index (χ4n) is 4.75. The van der Waals surface area contributed by atoms with Crippen LogP contribution in [-0.2, 0) is 32.6 Å². The molecule has 0 saturated carbocycles. The number of rotatable bonds is 12. The van der Waals surface area contributed by atoms with E-state index in [1.807, 2.05) is 75.4 Å². The Morgan fingerprint density at radius 2 is 1.60 bits per heavy atom. The summed E-state index contributed by atoms with van der Waals surface area (Å²) in [5.74, 6) is 0.337. The average Bonchev–Trinajstić information content (AvgIpc) is 2.97. The minimum Gasteiger partial charge on any atom is -0.486 e. The van der Waals surface area contributed by atoms with Crippen LogP contribution in [0.5, 0.6) is 11.5 Å². The van der Waals surface area contributed by atoms with Crippen LogP contribution in [0.4, 0.5) is 5.69 Å². The summed E-state index contributed by atoms with van der Waals surface area (Å²) in [6.45, 7) is 6.77. The van der Waals surface area contributed by atoms with E-state index in [1.54, 1.807) is 18.2 Å². The van der Waals surface area contributed by atoms with Crippen LogP contribution in [0.1, 0.15) is 30.5 Å². The zero-order chi connectivity index (χ0) is 30.3. The number of benzene rings is 3. The van der Waals surface area contributed by atoms with Crippen molar-refractivity contribution in [3.05, 3.63) is 89.5 Å². The Hall–Kier alpha value is -4.05. The van der Waals surface area contributed by atoms with Crippen LogP contribution in [-0.4, -0.2) is 63.7 Å². The van der Waals surface area contributed by atoms with E-state index in [0.29, 0.717) is 31.3 Å². The molecule has 0 bridgehead atoms. The SMILES string of the molecule is Cc1ccccc1CN(C(=O)CN(c1ccc2c(c1)OCCO2)S(C)(=O)=O)C(Cc1ccccc1)C(=O)NCC(C)C. The molecule has 1 N–H and O–H groups in total. The number of aryl methyl sites for hydroxylation is 1. The number of nitrogens with one attached hydrogen (secondary N) is 1. The number of carbonyl (C=O) groups excluding carboxylic acids is 2. The first-order valence-corrected chi connectivity index (χ1v) is 15.9. The van der Waals surface area contributed by atoms with Crippen molar-refractivity contribution in [3.63, 3.8) is 0 Å². The third kappa shape index (κ3) is 8.03. The highest BCUT2D eigenvalue weighted by Crippen LogP contribution is 2.35. The van der Waals surface area contributed by atoms with Gasteiger partial charge >= 0.3 is 0 Å². The summed E-state index contributed by atoms with van der Waals surface area (Å²) in [6, 6.07) is 21.1. The average molecular weight is 594 g/mol. The Balaban J connectivity index is 1.73. The molecule has 0 fully saturated rings. The standard InChI is InChI=1S/C32H39N3O6S/c1-23(2)20-33-32(37)28(18-25-11-6-5-7-12-25)34(21-26-13-9-8-10-24(26)3)31(36)22-35(42(4,38)39)27-14-15-29-30(19-27)41-17-16-40-29/h5-15,19,23,28H,16-18,20-22H2,1-4H3,(H,33,37). The summed E-state index contributed by atoms with van der Waals surface area (Å²) in [4.78, 5) is 29.5. The molecule has 3 aromatic rings. The molecule has 1 unspecified atom stereocenters. The predicted octanol–water partition coefficient (Wildman–Crippen LogP) is 3.94. The van der Waals surface area contributed by atoms with E-state index >= 15 is 0 Å². The van der Waals surface area contributed by atoms with Crippen molar-refractivity contribution in [2.45, 2.75) is 39.8 Å². The van der Waals surface area contributed by atoms with Crippen LogP contribution < -0.4 is 19.1 Å². The minimum absolute atomic E-state index is 0.136. The monoisotopic (exact) mass is 593 g/mol. The molecule has 0 saturated heterocycles. The molecule has 42 heavy (non-hydrogen) atoms. The van der Waals surface area contributed by atoms with E-state index in [4.69, 9.17) is 9.47 Å². The number of anilines is 1. The first kappa shape index (κ1) is 30.9. The predicted molar refractivity (Wildman–Crippen MR) is 163 cm³/mol. The molecule has 3 aromatic carbocycles. The number of sulfonamides is 1. The quantitative estimate of drug-likeness (QED) is 0.341. The van der Waals surface area contributed by atoms with Gasteiger partial charge in [0.25, 0.3) is 0 Å². The van der Waals surface area contributed by atoms with Crippen molar-refractivity contribution in [2.24, 2.45) is 5.92 Å². The molecule has 1 heterocycles. The number of ether oxygens (including phenoxy) is 2. The van der Waals surface area contributed by atoms with Crippen molar-refractivity contribution < 1.29 is 27.5 Å². The van der Waals surface area contributed by atoms with E-state index in [2.05, 4.69) is 5.32 Å². The van der Waals surface area contributed by atoms with Gasteiger partial charge in [-0.25, -0.2) is 8.42 Å². The van der Waals surface area contributed by atoms with Crippen molar-refractivity contribution in [3.8, 4) is 11.5 Å². The minimum atomic E-state index is -3.89. The van der Waals surface area contributed by atoms with Gasteiger partial charge in [0.05, 0.1) is 11.9 Å². The number of hydrogen-bond donors (Lipinski definition) is 1. The highest BCUT2D eigenvalue weighted by Gasteiger charge is 2.33. The molecule has 224 valence electrons. The van der Waals surface area contributed by atoms with E-state index in [-0.39, 0.29) is 30.5 Å². The van der Waals surface area contributed by atoms with Gasteiger partial charge in [0, 0.05) is 25.6 Å². The molecule has 1 aliphatic rings. The van der Waals surface area contributed by atoms with Crippen LogP contribution >= 0.6 is 0 Å². The van der Waals surface area contributed by atoms with Gasteiger partial charge in [-0.2, -0.15) is 0 Å². The molecule has 1 aliphatic heterocycles. The highest BCUT2D eigenvalue weighted by molar-refractivity contribution is 7.92. The number of hydrogen-bond acceptors (Lipinski definition) is 6. The molecule has 4 rings (SSSR count). The lowest BCUT2D eigenvalue weighted by atomic mass is 10.0. The first-order valence-electron chi connectivity index (χ1n) is 14.1. The van der Waals surface area contributed by atoms with Crippen LogP contribution in [0.2, 0.25) is 0 Å². The normalized spacial score (nSPS) is 13.4. The van der Waals surface area contributed by atoms with Crippen molar-refractivity contribution in [2.75, 3.05) is 36.9 Å². The van der Waals surface area contributed by atoms with Crippen molar-refractivity contribution >= 4 is 27.5 Å². The molecular weight excluding hydrogens is 554 g/mol. The van der Waals surface area contributed by atoms with Gasteiger partial charge in [-0.05, 0) is 41.7 Å². The van der Waals surface area contributed by atoms with Gasteiger partial charge in [-0.1, -0.05) is 68.4 Å². The highest BCUT2D eigenvalue weighted by atomic mass is 32.2. The lowest BCUT2D eigenvalue weighted by molar-refractivity contribution is -0.140. The number of fused-ring (bicyclic) bond motifs is 1. The Morgan fingerprint density at radius 3 is 2.26 bits per heavy atom. The number of carbonyl (C=O) groups is 2. The van der Waals surface area contributed by atoms with E-state index in [1.165, 1.54) is 4.90 Å². The Kier molecular flexibility index (Phi) is 10.1. The number of nitrogens with zero attached hydrogens (tertiary/aromatic N) is 2. The smallest absolute Gasteiger partial charge is 0.244 e. The van der Waals surface area contributed by atoms with Crippen LogP contribution in [0.25, 0.3) is 0 Å². The zero-order valence-electron chi connectivity index (χ0n) is 24.6. The van der Waals surface area contributed by atoms with Gasteiger partial charge in [-0.15, -0.1) is 0 Å². The second kappa shape index (κ2) is 13.7. The van der Waals surface area contributed by atoms with E-state index in [0.717, 1.165) is 27.3 Å². The second-order valence-corrected chi connectivity index (χ2v) is 12.8. The Labute approximate surface area is 248 Å². The zero-order valence-corrected chi connectivity index (χ0v) is 25.4. The van der Waals surface area contributed by atoms with E-state index in [9.17, 15) is 18.0 Å². The molecule has 0 aromatic heterocycles. The maximum absolute atomic E-state index is 14.2. The maximum Gasteiger partial charge on any atom is 0.244 e.